The molecule has 5 nitrogen and oxygen atoms in total. The number of methoxy groups -OCH3 is 2. The average Bonchev–Trinajstić information content (AvgIpc) is 2.47. The van der Waals surface area contributed by atoms with Crippen molar-refractivity contribution in [1.82, 2.24) is 4.90 Å². The van der Waals surface area contributed by atoms with Crippen molar-refractivity contribution in [3.8, 4) is 5.75 Å². The number of anilines is 1. The number of hydrogen-bond acceptors (Lipinski definition) is 4. The maximum Gasteiger partial charge on any atom is 0.253 e. The topological polar surface area (TPSA) is 64.8 Å². The Bertz CT molecular complexity index is 468. The lowest BCUT2D eigenvalue weighted by Crippen LogP contribution is -2.39. The fraction of sp³-hybridized carbons (Fsp3) is 0.533. The Morgan fingerprint density at radius 3 is 2.60 bits per heavy atom. The van der Waals surface area contributed by atoms with Gasteiger partial charge >= 0.3 is 0 Å². The number of carbonyl (C=O) groups excluding carboxylic acids is 1. The van der Waals surface area contributed by atoms with E-state index in [2.05, 4.69) is 0 Å². The molecule has 20 heavy (non-hydrogen) atoms. The quantitative estimate of drug-likeness (QED) is 0.853. The molecule has 1 aromatic carbocycles. The zero-order chi connectivity index (χ0) is 14.5. The Kier molecular flexibility index (Phi) is 4.84. The summed E-state index contributed by atoms with van der Waals surface area (Å²) in [5.41, 5.74) is 6.96. The normalized spacial score (nSPS) is 16.2. The van der Waals surface area contributed by atoms with Gasteiger partial charge in [0.25, 0.3) is 5.91 Å². The summed E-state index contributed by atoms with van der Waals surface area (Å²) in [4.78, 5) is 14.3. The second-order valence-electron chi connectivity index (χ2n) is 5.15. The number of carbonyl (C=O) groups is 1. The Balaban J connectivity index is 2.00. The molecule has 5 heteroatoms. The minimum atomic E-state index is 0.0372. The number of benzene rings is 1. The number of piperidine rings is 1. The van der Waals surface area contributed by atoms with Gasteiger partial charge in [-0.05, 0) is 37.0 Å². The van der Waals surface area contributed by atoms with Crippen LogP contribution in [0, 0.1) is 5.92 Å². The molecule has 1 heterocycles. The van der Waals surface area contributed by atoms with Crippen molar-refractivity contribution < 1.29 is 14.3 Å². The first-order chi connectivity index (χ1) is 9.65. The number of nitrogen functional groups attached to an aromatic ring is 1. The highest BCUT2D eigenvalue weighted by Gasteiger charge is 2.23. The van der Waals surface area contributed by atoms with Crippen molar-refractivity contribution in [3.05, 3.63) is 23.8 Å². The zero-order valence-electron chi connectivity index (χ0n) is 12.1. The summed E-state index contributed by atoms with van der Waals surface area (Å²) in [6.07, 6.45) is 1.98. The van der Waals surface area contributed by atoms with Gasteiger partial charge in [-0.2, -0.15) is 0 Å². The van der Waals surface area contributed by atoms with Gasteiger partial charge in [-0.3, -0.25) is 4.79 Å². The summed E-state index contributed by atoms with van der Waals surface area (Å²) >= 11 is 0. The van der Waals surface area contributed by atoms with Gasteiger partial charge in [0.15, 0.2) is 0 Å². The minimum Gasteiger partial charge on any atom is -0.495 e. The van der Waals surface area contributed by atoms with Crippen molar-refractivity contribution in [2.24, 2.45) is 5.92 Å². The van der Waals surface area contributed by atoms with Crippen LogP contribution in [0.5, 0.6) is 5.75 Å². The predicted octanol–water partition coefficient (Wildman–Crippen LogP) is 1.78. The number of nitrogens with zero attached hydrogens (tertiary/aromatic N) is 1. The van der Waals surface area contributed by atoms with Gasteiger partial charge in [0.05, 0.1) is 12.8 Å². The largest absolute Gasteiger partial charge is 0.495 e. The molecule has 0 unspecified atom stereocenters. The molecule has 1 aromatic rings. The van der Waals surface area contributed by atoms with Crippen LogP contribution in [-0.4, -0.2) is 44.7 Å². The summed E-state index contributed by atoms with van der Waals surface area (Å²) in [5, 5.41) is 0. The molecule has 0 bridgehead atoms. The van der Waals surface area contributed by atoms with E-state index in [1.807, 2.05) is 4.90 Å². The molecule has 0 aliphatic carbocycles. The van der Waals surface area contributed by atoms with Crippen LogP contribution < -0.4 is 10.5 Å². The van der Waals surface area contributed by atoms with Crippen LogP contribution >= 0.6 is 0 Å². The van der Waals surface area contributed by atoms with Crippen LogP contribution in [0.1, 0.15) is 23.2 Å². The summed E-state index contributed by atoms with van der Waals surface area (Å²) in [6, 6.07) is 5.18. The Morgan fingerprint density at radius 2 is 2.05 bits per heavy atom. The number of rotatable bonds is 4. The van der Waals surface area contributed by atoms with E-state index in [0.29, 0.717) is 22.9 Å². The van der Waals surface area contributed by atoms with Crippen LogP contribution in [0.15, 0.2) is 18.2 Å². The lowest BCUT2D eigenvalue weighted by atomic mass is 9.97. The smallest absolute Gasteiger partial charge is 0.253 e. The summed E-state index contributed by atoms with van der Waals surface area (Å²) in [7, 11) is 3.28. The highest BCUT2D eigenvalue weighted by Crippen LogP contribution is 2.24. The summed E-state index contributed by atoms with van der Waals surface area (Å²) in [6.45, 7) is 2.33. The van der Waals surface area contributed by atoms with Crippen LogP contribution in [0.3, 0.4) is 0 Å². The lowest BCUT2D eigenvalue weighted by molar-refractivity contribution is 0.0613. The average molecular weight is 278 g/mol. The molecular formula is C15H22N2O3. The van der Waals surface area contributed by atoms with Gasteiger partial charge in [-0.25, -0.2) is 0 Å². The highest BCUT2D eigenvalue weighted by molar-refractivity contribution is 5.95. The number of nitrogens with two attached hydrogens (primary N) is 1. The van der Waals surface area contributed by atoms with Crippen molar-refractivity contribution in [2.75, 3.05) is 39.6 Å². The zero-order valence-corrected chi connectivity index (χ0v) is 12.1. The molecule has 110 valence electrons. The van der Waals surface area contributed by atoms with Gasteiger partial charge in [0.1, 0.15) is 5.75 Å². The fourth-order valence-electron chi connectivity index (χ4n) is 2.59. The molecule has 1 amide bonds. The molecule has 1 fully saturated rings. The predicted molar refractivity (Wildman–Crippen MR) is 77.9 cm³/mol. The second-order valence-corrected chi connectivity index (χ2v) is 5.15. The number of hydrogen-bond donors (Lipinski definition) is 1. The molecule has 2 N–H and O–H groups in total. The number of likely N-dealkylation sites (tertiary alicyclic amines) is 1. The van der Waals surface area contributed by atoms with E-state index in [4.69, 9.17) is 15.2 Å². The van der Waals surface area contributed by atoms with E-state index in [0.717, 1.165) is 32.5 Å². The van der Waals surface area contributed by atoms with E-state index in [-0.39, 0.29) is 5.91 Å². The molecule has 0 spiro atoms. The molecule has 0 aromatic heterocycles. The van der Waals surface area contributed by atoms with E-state index < -0.39 is 0 Å². The van der Waals surface area contributed by atoms with Crippen LogP contribution in [0.25, 0.3) is 0 Å². The summed E-state index contributed by atoms with van der Waals surface area (Å²) < 4.78 is 10.3. The van der Waals surface area contributed by atoms with Gasteiger partial charge in [-0.1, -0.05) is 0 Å². The first-order valence-electron chi connectivity index (χ1n) is 6.87. The molecule has 2 rings (SSSR count). The third-order valence-electron chi connectivity index (χ3n) is 3.78. The highest BCUT2D eigenvalue weighted by atomic mass is 16.5. The lowest BCUT2D eigenvalue weighted by Gasteiger charge is -2.31. The van der Waals surface area contributed by atoms with Crippen molar-refractivity contribution in [1.29, 1.82) is 0 Å². The van der Waals surface area contributed by atoms with Crippen LogP contribution in [0.2, 0.25) is 0 Å². The number of ether oxygens (including phenoxy) is 2. The van der Waals surface area contributed by atoms with Gasteiger partial charge < -0.3 is 20.1 Å². The van der Waals surface area contributed by atoms with Crippen molar-refractivity contribution in [2.45, 2.75) is 12.8 Å². The Morgan fingerprint density at radius 1 is 1.35 bits per heavy atom. The van der Waals surface area contributed by atoms with Crippen molar-refractivity contribution >= 4 is 11.6 Å². The number of amides is 1. The standard InChI is InChI=1S/C15H22N2O3/c1-19-10-11-5-7-17(8-6-11)15(18)12-3-4-14(20-2)13(16)9-12/h3-4,9,11H,5-8,10,16H2,1-2H3. The second kappa shape index (κ2) is 6.61. The maximum absolute atomic E-state index is 12.4. The molecule has 0 atom stereocenters. The van der Waals surface area contributed by atoms with Gasteiger partial charge in [0.2, 0.25) is 0 Å². The Labute approximate surface area is 119 Å². The third kappa shape index (κ3) is 3.22. The van der Waals surface area contributed by atoms with E-state index in [1.54, 1.807) is 32.4 Å². The molecule has 1 aliphatic rings. The van der Waals surface area contributed by atoms with Crippen LogP contribution in [0.4, 0.5) is 5.69 Å². The first kappa shape index (κ1) is 14.7. The Hall–Kier alpha value is -1.75. The monoisotopic (exact) mass is 278 g/mol. The molecule has 1 saturated heterocycles. The van der Waals surface area contributed by atoms with Gasteiger partial charge in [-0.15, -0.1) is 0 Å². The maximum atomic E-state index is 12.4. The fourth-order valence-corrected chi connectivity index (χ4v) is 2.59. The minimum absolute atomic E-state index is 0.0372. The molecule has 0 radical (unpaired) electrons. The SMILES string of the molecule is COCC1CCN(C(=O)c2ccc(OC)c(N)c2)CC1. The molecule has 1 aliphatic heterocycles. The van der Waals surface area contributed by atoms with Crippen LogP contribution in [-0.2, 0) is 4.74 Å². The van der Waals surface area contributed by atoms with Gasteiger partial charge in [0, 0.05) is 32.4 Å². The van der Waals surface area contributed by atoms with E-state index >= 15 is 0 Å². The first-order valence-corrected chi connectivity index (χ1v) is 6.87. The molecular weight excluding hydrogens is 256 g/mol. The van der Waals surface area contributed by atoms with E-state index in [9.17, 15) is 4.79 Å². The summed E-state index contributed by atoms with van der Waals surface area (Å²) in [5.74, 6) is 1.19. The van der Waals surface area contributed by atoms with E-state index in [1.165, 1.54) is 0 Å². The van der Waals surface area contributed by atoms with Crippen molar-refractivity contribution in [3.63, 3.8) is 0 Å². The molecule has 0 saturated carbocycles. The third-order valence-corrected chi connectivity index (χ3v) is 3.78.